The lowest BCUT2D eigenvalue weighted by Crippen LogP contribution is -2.24. The smallest absolute Gasteiger partial charge is 0.296 e. The number of nitrogens with zero attached hydrogens (tertiary/aromatic N) is 2. The molecule has 1 aromatic heterocycles. The highest BCUT2D eigenvalue weighted by atomic mass is 35.5. The molecule has 3 aromatic rings. The summed E-state index contributed by atoms with van der Waals surface area (Å²) in [6.45, 7) is 4.48. The standard InChI is InChI=1S/C22H20ClN3O4/c1-13-20(14(2)26(25-13)15-7-4-3-5-8-15)21(27)22(28)24-17-12-19-18(11-16(17)23)29-9-6-10-30-19/h3-5,7-8,11-12H,6,9-10H2,1-2H3,(H,24,28). The van der Waals surface area contributed by atoms with E-state index in [0.717, 1.165) is 12.1 Å². The number of Topliss-reactive ketones (excluding diaryl/α,β-unsaturated/α-hetero) is 1. The lowest BCUT2D eigenvalue weighted by molar-refractivity contribution is -0.112. The molecule has 2 aromatic carbocycles. The van der Waals surface area contributed by atoms with Crippen molar-refractivity contribution >= 4 is 29.0 Å². The number of carbonyl (C=O) groups is 2. The number of carbonyl (C=O) groups excluding carboxylic acids is 2. The zero-order valence-corrected chi connectivity index (χ0v) is 17.3. The quantitative estimate of drug-likeness (QED) is 0.502. The predicted molar refractivity (Wildman–Crippen MR) is 113 cm³/mol. The van der Waals surface area contributed by atoms with Gasteiger partial charge in [0, 0.05) is 18.6 Å². The van der Waals surface area contributed by atoms with Gasteiger partial charge in [0.1, 0.15) is 0 Å². The molecular formula is C22H20ClN3O4. The molecule has 4 rings (SSSR count). The fourth-order valence-corrected chi connectivity index (χ4v) is 3.57. The van der Waals surface area contributed by atoms with Gasteiger partial charge in [0.05, 0.1) is 46.6 Å². The van der Waals surface area contributed by atoms with Crippen LogP contribution in [0.4, 0.5) is 5.69 Å². The second kappa shape index (κ2) is 8.20. The number of hydrogen-bond donors (Lipinski definition) is 1. The van der Waals surface area contributed by atoms with Gasteiger partial charge in [0.15, 0.2) is 11.5 Å². The fourth-order valence-electron chi connectivity index (χ4n) is 3.36. The number of fused-ring (bicyclic) bond motifs is 1. The Kier molecular flexibility index (Phi) is 5.46. The Balaban J connectivity index is 1.60. The fraction of sp³-hybridized carbons (Fsp3) is 0.227. The highest BCUT2D eigenvalue weighted by Gasteiger charge is 2.26. The number of ketones is 1. The lowest BCUT2D eigenvalue weighted by Gasteiger charge is -2.12. The zero-order chi connectivity index (χ0) is 21.3. The van der Waals surface area contributed by atoms with E-state index >= 15 is 0 Å². The number of para-hydroxylation sites is 1. The van der Waals surface area contributed by atoms with E-state index in [4.69, 9.17) is 21.1 Å². The number of ether oxygens (including phenoxy) is 2. The molecule has 30 heavy (non-hydrogen) atoms. The van der Waals surface area contributed by atoms with E-state index in [1.165, 1.54) is 0 Å². The van der Waals surface area contributed by atoms with Crippen LogP contribution in [0.2, 0.25) is 5.02 Å². The highest BCUT2D eigenvalue weighted by molar-refractivity contribution is 6.47. The first-order chi connectivity index (χ1) is 14.5. The van der Waals surface area contributed by atoms with Crippen LogP contribution in [0.1, 0.15) is 28.2 Å². The zero-order valence-electron chi connectivity index (χ0n) is 16.6. The molecule has 1 aliphatic heterocycles. The summed E-state index contributed by atoms with van der Waals surface area (Å²) < 4.78 is 12.9. The number of aromatic nitrogens is 2. The molecule has 0 radical (unpaired) electrons. The molecule has 154 valence electrons. The van der Waals surface area contributed by atoms with Gasteiger partial charge < -0.3 is 14.8 Å². The Hall–Kier alpha value is -3.32. The van der Waals surface area contributed by atoms with Crippen molar-refractivity contribution in [3.63, 3.8) is 0 Å². The van der Waals surface area contributed by atoms with Crippen LogP contribution in [-0.2, 0) is 4.79 Å². The number of nitrogens with one attached hydrogen (secondary N) is 1. The maximum Gasteiger partial charge on any atom is 0.296 e. The monoisotopic (exact) mass is 425 g/mol. The van der Waals surface area contributed by atoms with Gasteiger partial charge in [-0.25, -0.2) is 4.68 Å². The Morgan fingerprint density at radius 3 is 2.43 bits per heavy atom. The van der Waals surface area contributed by atoms with Crippen LogP contribution < -0.4 is 14.8 Å². The third kappa shape index (κ3) is 3.76. The van der Waals surface area contributed by atoms with Crippen LogP contribution >= 0.6 is 11.6 Å². The van der Waals surface area contributed by atoms with Crippen LogP contribution in [0.5, 0.6) is 11.5 Å². The molecule has 0 bridgehead atoms. The number of anilines is 1. The van der Waals surface area contributed by atoms with Crippen LogP contribution in [0.25, 0.3) is 5.69 Å². The normalized spacial score (nSPS) is 12.9. The summed E-state index contributed by atoms with van der Waals surface area (Å²) in [6.07, 6.45) is 0.746. The van der Waals surface area contributed by atoms with Gasteiger partial charge in [0.2, 0.25) is 0 Å². The van der Waals surface area contributed by atoms with E-state index in [0.29, 0.717) is 36.1 Å². The van der Waals surface area contributed by atoms with Crippen molar-refractivity contribution in [1.82, 2.24) is 9.78 Å². The maximum atomic E-state index is 12.9. The molecule has 0 unspecified atom stereocenters. The minimum absolute atomic E-state index is 0.258. The number of halogens is 1. The van der Waals surface area contributed by atoms with Crippen molar-refractivity contribution in [1.29, 1.82) is 0 Å². The van der Waals surface area contributed by atoms with Crippen LogP contribution in [-0.4, -0.2) is 34.7 Å². The summed E-state index contributed by atoms with van der Waals surface area (Å²) in [6, 6.07) is 12.6. The van der Waals surface area contributed by atoms with Crippen molar-refractivity contribution in [2.75, 3.05) is 18.5 Å². The second-order valence-electron chi connectivity index (χ2n) is 6.91. The van der Waals surface area contributed by atoms with Gasteiger partial charge in [-0.05, 0) is 26.0 Å². The van der Waals surface area contributed by atoms with Crippen LogP contribution in [0, 0.1) is 13.8 Å². The van der Waals surface area contributed by atoms with E-state index in [1.54, 1.807) is 30.7 Å². The van der Waals surface area contributed by atoms with Crippen molar-refractivity contribution in [2.45, 2.75) is 20.3 Å². The van der Waals surface area contributed by atoms with E-state index in [9.17, 15) is 9.59 Å². The van der Waals surface area contributed by atoms with E-state index in [2.05, 4.69) is 10.4 Å². The Morgan fingerprint density at radius 1 is 1.07 bits per heavy atom. The van der Waals surface area contributed by atoms with Gasteiger partial charge in [0.25, 0.3) is 11.7 Å². The molecular weight excluding hydrogens is 406 g/mol. The molecule has 1 N–H and O–H groups in total. The van der Waals surface area contributed by atoms with Gasteiger partial charge in [-0.3, -0.25) is 9.59 Å². The Morgan fingerprint density at radius 2 is 1.73 bits per heavy atom. The summed E-state index contributed by atoms with van der Waals surface area (Å²) >= 11 is 6.28. The minimum Gasteiger partial charge on any atom is -0.490 e. The number of aryl methyl sites for hydroxylation is 1. The molecule has 0 fully saturated rings. The summed E-state index contributed by atoms with van der Waals surface area (Å²) in [7, 11) is 0. The average Bonchev–Trinajstić information content (AvgIpc) is 2.89. The first-order valence-corrected chi connectivity index (χ1v) is 9.90. The molecule has 1 aliphatic rings. The number of hydrogen-bond acceptors (Lipinski definition) is 5. The third-order valence-corrected chi connectivity index (χ3v) is 5.12. The molecule has 0 atom stereocenters. The number of rotatable bonds is 4. The molecule has 0 saturated heterocycles. The van der Waals surface area contributed by atoms with Crippen molar-refractivity contribution in [2.24, 2.45) is 0 Å². The molecule has 8 heteroatoms. The van der Waals surface area contributed by atoms with Crippen LogP contribution in [0.3, 0.4) is 0 Å². The lowest BCUT2D eigenvalue weighted by atomic mass is 10.1. The van der Waals surface area contributed by atoms with Crippen molar-refractivity contribution in [3.8, 4) is 17.2 Å². The number of benzene rings is 2. The minimum atomic E-state index is -0.801. The molecule has 7 nitrogen and oxygen atoms in total. The summed E-state index contributed by atoms with van der Waals surface area (Å²) in [5, 5.41) is 7.28. The van der Waals surface area contributed by atoms with E-state index < -0.39 is 11.7 Å². The SMILES string of the molecule is Cc1nn(-c2ccccc2)c(C)c1C(=O)C(=O)Nc1cc2c(cc1Cl)OCCCO2. The van der Waals surface area contributed by atoms with E-state index in [-0.39, 0.29) is 16.3 Å². The Bertz CT molecular complexity index is 1130. The van der Waals surface area contributed by atoms with Gasteiger partial charge in [-0.1, -0.05) is 29.8 Å². The third-order valence-electron chi connectivity index (χ3n) is 4.81. The van der Waals surface area contributed by atoms with Crippen molar-refractivity contribution < 1.29 is 19.1 Å². The summed E-state index contributed by atoms with van der Waals surface area (Å²) in [5.74, 6) is -0.498. The molecule has 1 amide bonds. The molecule has 0 aliphatic carbocycles. The second-order valence-corrected chi connectivity index (χ2v) is 7.31. The van der Waals surface area contributed by atoms with Gasteiger partial charge in [-0.2, -0.15) is 5.10 Å². The summed E-state index contributed by atoms with van der Waals surface area (Å²) in [4.78, 5) is 25.6. The highest BCUT2D eigenvalue weighted by Crippen LogP contribution is 2.37. The van der Waals surface area contributed by atoms with E-state index in [1.807, 2.05) is 30.3 Å². The average molecular weight is 426 g/mol. The van der Waals surface area contributed by atoms with Gasteiger partial charge >= 0.3 is 0 Å². The van der Waals surface area contributed by atoms with Crippen LogP contribution in [0.15, 0.2) is 42.5 Å². The first kappa shape index (κ1) is 20.0. The largest absolute Gasteiger partial charge is 0.490 e. The molecule has 0 spiro atoms. The Labute approximate surface area is 178 Å². The predicted octanol–water partition coefficient (Wildman–Crippen LogP) is 4.13. The first-order valence-electron chi connectivity index (χ1n) is 9.52. The maximum absolute atomic E-state index is 12.9. The topological polar surface area (TPSA) is 82.5 Å². The number of amides is 1. The van der Waals surface area contributed by atoms with Gasteiger partial charge in [-0.15, -0.1) is 0 Å². The summed E-state index contributed by atoms with van der Waals surface area (Å²) in [5.41, 5.74) is 2.42. The molecule has 2 heterocycles. The molecule has 0 saturated carbocycles. The van der Waals surface area contributed by atoms with Crippen molar-refractivity contribution in [3.05, 3.63) is 64.4 Å².